The van der Waals surface area contributed by atoms with Crippen LogP contribution in [0.3, 0.4) is 0 Å². The zero-order valence-electron chi connectivity index (χ0n) is 10.9. The maximum atomic E-state index is 11.6. The van der Waals surface area contributed by atoms with E-state index in [0.717, 1.165) is 12.1 Å². The highest BCUT2D eigenvalue weighted by atomic mass is 35.5. The van der Waals surface area contributed by atoms with Crippen molar-refractivity contribution in [2.24, 2.45) is 0 Å². The molecule has 20 heavy (non-hydrogen) atoms. The second kappa shape index (κ2) is 5.55. The Labute approximate surface area is 123 Å². The van der Waals surface area contributed by atoms with E-state index in [-0.39, 0.29) is 6.03 Å². The normalized spacial score (nSPS) is 11.7. The van der Waals surface area contributed by atoms with Gasteiger partial charge in [-0.1, -0.05) is 30.3 Å². The van der Waals surface area contributed by atoms with Gasteiger partial charge in [-0.15, -0.1) is 11.6 Å². The predicted octanol–water partition coefficient (Wildman–Crippen LogP) is 3.62. The third-order valence-electron chi connectivity index (χ3n) is 3.44. The molecule has 0 saturated carbocycles. The molecule has 0 aliphatic heterocycles. The number of carbonyl (C=O) groups excluding carboxylic acids is 1. The summed E-state index contributed by atoms with van der Waals surface area (Å²) < 4.78 is 0. The van der Waals surface area contributed by atoms with E-state index in [1.54, 1.807) is 0 Å². The van der Waals surface area contributed by atoms with Crippen LogP contribution in [0, 0.1) is 0 Å². The first-order valence-corrected chi connectivity index (χ1v) is 7.13. The van der Waals surface area contributed by atoms with Gasteiger partial charge >= 0.3 is 6.03 Å². The van der Waals surface area contributed by atoms with Gasteiger partial charge in [0.25, 0.3) is 0 Å². The number of hydrogen-bond acceptors (Lipinski definition) is 1. The quantitative estimate of drug-likeness (QED) is 0.710. The lowest BCUT2D eigenvalue weighted by molar-refractivity contribution is 0.252. The largest absolute Gasteiger partial charge is 0.337 e. The first-order chi connectivity index (χ1) is 9.78. The Morgan fingerprint density at radius 2 is 1.90 bits per heavy atom. The molecule has 3 rings (SSSR count). The molecule has 2 aromatic rings. The van der Waals surface area contributed by atoms with Gasteiger partial charge in [0.15, 0.2) is 0 Å². The first kappa shape index (κ1) is 13.0. The van der Waals surface area contributed by atoms with Crippen LogP contribution in [0.15, 0.2) is 42.5 Å². The van der Waals surface area contributed by atoms with Gasteiger partial charge in [-0.05, 0) is 40.8 Å². The van der Waals surface area contributed by atoms with E-state index < -0.39 is 0 Å². The van der Waals surface area contributed by atoms with Gasteiger partial charge in [-0.25, -0.2) is 4.79 Å². The van der Waals surface area contributed by atoms with Gasteiger partial charge in [0.1, 0.15) is 0 Å². The van der Waals surface area contributed by atoms with E-state index in [0.29, 0.717) is 12.4 Å². The van der Waals surface area contributed by atoms with Crippen molar-refractivity contribution in [3.8, 4) is 11.1 Å². The van der Waals surface area contributed by atoms with Gasteiger partial charge in [-0.3, -0.25) is 0 Å². The molecule has 0 bridgehead atoms. The zero-order chi connectivity index (χ0) is 13.9. The highest BCUT2D eigenvalue weighted by molar-refractivity contribution is 6.18. The van der Waals surface area contributed by atoms with Crippen molar-refractivity contribution in [3.05, 3.63) is 53.6 Å². The first-order valence-electron chi connectivity index (χ1n) is 6.60. The lowest BCUT2D eigenvalue weighted by Gasteiger charge is -2.08. The van der Waals surface area contributed by atoms with Crippen LogP contribution in [-0.4, -0.2) is 18.5 Å². The van der Waals surface area contributed by atoms with Gasteiger partial charge in [-0.2, -0.15) is 0 Å². The van der Waals surface area contributed by atoms with Crippen molar-refractivity contribution in [3.63, 3.8) is 0 Å². The SMILES string of the molecule is O=C(NCCCl)Nc1ccc2c(c1)-c1ccccc1C2. The molecular formula is C16H15ClN2O. The predicted molar refractivity (Wildman–Crippen MR) is 82.4 cm³/mol. The minimum Gasteiger partial charge on any atom is -0.337 e. The van der Waals surface area contributed by atoms with Crippen LogP contribution in [0.25, 0.3) is 11.1 Å². The Morgan fingerprint density at radius 3 is 2.75 bits per heavy atom. The molecule has 2 amide bonds. The molecule has 0 fully saturated rings. The number of carbonyl (C=O) groups is 1. The molecule has 102 valence electrons. The maximum absolute atomic E-state index is 11.6. The zero-order valence-corrected chi connectivity index (χ0v) is 11.7. The number of anilines is 1. The summed E-state index contributed by atoms with van der Waals surface area (Å²) >= 11 is 5.54. The van der Waals surface area contributed by atoms with Gasteiger partial charge in [0, 0.05) is 18.1 Å². The standard InChI is InChI=1S/C16H15ClN2O/c17-7-8-18-16(20)19-13-6-5-12-9-11-3-1-2-4-14(11)15(12)10-13/h1-6,10H,7-9H2,(H2,18,19,20). The van der Waals surface area contributed by atoms with Crippen LogP contribution >= 0.6 is 11.6 Å². The number of hydrogen-bond donors (Lipinski definition) is 2. The molecule has 1 aliphatic rings. The van der Waals surface area contributed by atoms with Crippen molar-refractivity contribution in [2.75, 3.05) is 17.7 Å². The van der Waals surface area contributed by atoms with E-state index in [4.69, 9.17) is 11.6 Å². The molecule has 1 aliphatic carbocycles. The summed E-state index contributed by atoms with van der Waals surface area (Å²) in [5.41, 5.74) is 5.90. The summed E-state index contributed by atoms with van der Waals surface area (Å²) in [5.74, 6) is 0.408. The minimum absolute atomic E-state index is 0.225. The van der Waals surface area contributed by atoms with E-state index in [1.807, 2.05) is 18.2 Å². The number of amides is 2. The minimum atomic E-state index is -0.225. The molecular weight excluding hydrogens is 272 g/mol. The van der Waals surface area contributed by atoms with E-state index in [9.17, 15) is 4.79 Å². The molecule has 0 radical (unpaired) electrons. The summed E-state index contributed by atoms with van der Waals surface area (Å²) in [4.78, 5) is 11.6. The number of alkyl halides is 1. The monoisotopic (exact) mass is 286 g/mol. The number of urea groups is 1. The average Bonchev–Trinajstić information content (AvgIpc) is 2.83. The summed E-state index contributed by atoms with van der Waals surface area (Å²) in [6, 6.07) is 14.2. The van der Waals surface area contributed by atoms with Crippen molar-refractivity contribution >= 4 is 23.3 Å². The van der Waals surface area contributed by atoms with Crippen LogP contribution in [-0.2, 0) is 6.42 Å². The van der Waals surface area contributed by atoms with Crippen molar-refractivity contribution in [1.82, 2.24) is 5.32 Å². The molecule has 0 heterocycles. The summed E-state index contributed by atoms with van der Waals surface area (Å²) in [6.07, 6.45) is 0.963. The van der Waals surface area contributed by atoms with Crippen molar-refractivity contribution < 1.29 is 4.79 Å². The number of halogens is 1. The number of benzene rings is 2. The van der Waals surface area contributed by atoms with Crippen LogP contribution in [0.5, 0.6) is 0 Å². The molecule has 2 aromatic carbocycles. The molecule has 2 N–H and O–H groups in total. The Balaban J connectivity index is 1.83. The third kappa shape index (κ3) is 2.49. The van der Waals surface area contributed by atoms with Gasteiger partial charge < -0.3 is 10.6 Å². The molecule has 0 aromatic heterocycles. The van der Waals surface area contributed by atoms with E-state index in [2.05, 4.69) is 34.9 Å². The van der Waals surface area contributed by atoms with Crippen molar-refractivity contribution in [1.29, 1.82) is 0 Å². The summed E-state index contributed by atoms with van der Waals surface area (Å²) in [6.45, 7) is 0.459. The molecule has 0 spiro atoms. The van der Waals surface area contributed by atoms with E-state index >= 15 is 0 Å². The fraction of sp³-hybridized carbons (Fsp3) is 0.188. The maximum Gasteiger partial charge on any atom is 0.319 e. The Bertz CT molecular complexity index is 655. The van der Waals surface area contributed by atoms with Crippen LogP contribution in [0.2, 0.25) is 0 Å². The van der Waals surface area contributed by atoms with Crippen LogP contribution in [0.4, 0.5) is 10.5 Å². The molecule has 0 unspecified atom stereocenters. The number of nitrogens with one attached hydrogen (secondary N) is 2. The Morgan fingerprint density at radius 1 is 1.10 bits per heavy atom. The molecule has 0 atom stereocenters. The summed E-state index contributed by atoms with van der Waals surface area (Å²) in [5, 5.41) is 5.51. The van der Waals surface area contributed by atoms with Gasteiger partial charge in [0.2, 0.25) is 0 Å². The average molecular weight is 287 g/mol. The summed E-state index contributed by atoms with van der Waals surface area (Å²) in [7, 11) is 0. The highest BCUT2D eigenvalue weighted by Gasteiger charge is 2.18. The Kier molecular flexibility index (Phi) is 3.61. The molecule has 4 heteroatoms. The number of fused-ring (bicyclic) bond motifs is 3. The Hall–Kier alpha value is -2.00. The molecule has 3 nitrogen and oxygen atoms in total. The topological polar surface area (TPSA) is 41.1 Å². The van der Waals surface area contributed by atoms with Crippen LogP contribution in [0.1, 0.15) is 11.1 Å². The van der Waals surface area contributed by atoms with E-state index in [1.165, 1.54) is 22.3 Å². The van der Waals surface area contributed by atoms with Crippen molar-refractivity contribution in [2.45, 2.75) is 6.42 Å². The number of rotatable bonds is 3. The lowest BCUT2D eigenvalue weighted by atomic mass is 10.1. The second-order valence-electron chi connectivity index (χ2n) is 4.78. The highest BCUT2D eigenvalue weighted by Crippen LogP contribution is 2.37. The van der Waals surface area contributed by atoms with Crippen LogP contribution < -0.4 is 10.6 Å². The van der Waals surface area contributed by atoms with Gasteiger partial charge in [0.05, 0.1) is 0 Å². The third-order valence-corrected chi connectivity index (χ3v) is 3.63. The fourth-order valence-electron chi connectivity index (χ4n) is 2.54. The second-order valence-corrected chi connectivity index (χ2v) is 5.15. The smallest absolute Gasteiger partial charge is 0.319 e. The lowest BCUT2D eigenvalue weighted by Crippen LogP contribution is -2.30. The molecule has 0 saturated heterocycles. The fourth-order valence-corrected chi connectivity index (χ4v) is 2.63.